The van der Waals surface area contributed by atoms with Crippen molar-refractivity contribution in [1.82, 2.24) is 4.98 Å². The molecule has 0 saturated carbocycles. The molecule has 1 unspecified atom stereocenters. The highest BCUT2D eigenvalue weighted by Crippen LogP contribution is 2.25. The summed E-state index contributed by atoms with van der Waals surface area (Å²) in [5.41, 5.74) is 6.66. The van der Waals surface area contributed by atoms with E-state index in [0.717, 1.165) is 5.56 Å². The number of hydrogen-bond acceptors (Lipinski definition) is 3. The van der Waals surface area contributed by atoms with Crippen LogP contribution in [0.4, 0.5) is 4.39 Å². The lowest BCUT2D eigenvalue weighted by Gasteiger charge is -2.09. The van der Waals surface area contributed by atoms with Crippen molar-refractivity contribution in [3.8, 4) is 11.6 Å². The van der Waals surface area contributed by atoms with Crippen LogP contribution in [0.5, 0.6) is 11.6 Å². The third-order valence-corrected chi connectivity index (χ3v) is 2.70. The zero-order valence-electron chi connectivity index (χ0n) is 9.73. The van der Waals surface area contributed by atoms with Crippen LogP contribution in [-0.4, -0.2) is 4.98 Å². The van der Waals surface area contributed by atoms with E-state index < -0.39 is 5.82 Å². The van der Waals surface area contributed by atoms with E-state index in [1.54, 1.807) is 24.4 Å². The van der Waals surface area contributed by atoms with Gasteiger partial charge in [0.15, 0.2) is 0 Å². The van der Waals surface area contributed by atoms with Gasteiger partial charge in [0, 0.05) is 24.4 Å². The molecule has 3 nitrogen and oxygen atoms in total. The Labute approximate surface area is 109 Å². The van der Waals surface area contributed by atoms with E-state index in [-0.39, 0.29) is 11.1 Å². The molecule has 1 heterocycles. The predicted molar refractivity (Wildman–Crippen MR) is 68.3 cm³/mol. The van der Waals surface area contributed by atoms with Gasteiger partial charge in [-0.1, -0.05) is 11.6 Å². The van der Waals surface area contributed by atoms with E-state index >= 15 is 0 Å². The van der Waals surface area contributed by atoms with Crippen molar-refractivity contribution in [2.75, 3.05) is 0 Å². The maximum absolute atomic E-state index is 13.2. The van der Waals surface area contributed by atoms with Gasteiger partial charge >= 0.3 is 0 Å². The summed E-state index contributed by atoms with van der Waals surface area (Å²) in [6, 6.07) is 7.63. The molecule has 2 rings (SSSR count). The number of hydrogen-bond donors (Lipinski definition) is 1. The molecule has 0 aliphatic heterocycles. The monoisotopic (exact) mass is 266 g/mol. The Kier molecular flexibility index (Phi) is 3.79. The first-order chi connectivity index (χ1) is 8.56. The first kappa shape index (κ1) is 12.8. The summed E-state index contributed by atoms with van der Waals surface area (Å²) in [6.07, 6.45) is 1.60. The summed E-state index contributed by atoms with van der Waals surface area (Å²) in [4.78, 5) is 4.04. The fraction of sp³-hybridized carbons (Fsp3) is 0.154. The summed E-state index contributed by atoms with van der Waals surface area (Å²) in [7, 11) is 0. The number of ether oxygens (including phenoxy) is 1. The van der Waals surface area contributed by atoms with Gasteiger partial charge in [0.1, 0.15) is 11.6 Å². The van der Waals surface area contributed by atoms with Crippen LogP contribution < -0.4 is 10.5 Å². The Bertz CT molecular complexity index is 560. The minimum atomic E-state index is -0.530. The van der Waals surface area contributed by atoms with Gasteiger partial charge in [-0.3, -0.25) is 0 Å². The largest absolute Gasteiger partial charge is 0.439 e. The van der Waals surface area contributed by atoms with Crippen molar-refractivity contribution in [1.29, 1.82) is 0 Å². The number of aromatic nitrogens is 1. The second kappa shape index (κ2) is 5.33. The normalized spacial score (nSPS) is 12.2. The fourth-order valence-electron chi connectivity index (χ4n) is 1.42. The molecular formula is C13H12ClFN2O. The summed E-state index contributed by atoms with van der Waals surface area (Å²) < 4.78 is 18.7. The number of nitrogens with two attached hydrogens (primary N) is 1. The van der Waals surface area contributed by atoms with Gasteiger partial charge in [0.25, 0.3) is 0 Å². The van der Waals surface area contributed by atoms with Crippen molar-refractivity contribution in [2.24, 2.45) is 5.73 Å². The van der Waals surface area contributed by atoms with Crippen LogP contribution >= 0.6 is 11.6 Å². The molecule has 94 valence electrons. The van der Waals surface area contributed by atoms with Crippen molar-refractivity contribution < 1.29 is 9.13 Å². The van der Waals surface area contributed by atoms with Gasteiger partial charge in [-0.25, -0.2) is 9.37 Å². The second-order valence-corrected chi connectivity index (χ2v) is 4.30. The van der Waals surface area contributed by atoms with Crippen LogP contribution in [-0.2, 0) is 0 Å². The Morgan fingerprint density at radius 2 is 2.11 bits per heavy atom. The summed E-state index contributed by atoms with van der Waals surface area (Å²) in [5, 5.41) is 0.0552. The van der Waals surface area contributed by atoms with Crippen LogP contribution in [0.15, 0.2) is 36.5 Å². The van der Waals surface area contributed by atoms with Crippen LogP contribution in [0, 0.1) is 5.82 Å². The molecule has 1 aromatic carbocycles. The molecular weight excluding hydrogens is 255 g/mol. The van der Waals surface area contributed by atoms with Crippen LogP contribution in [0.3, 0.4) is 0 Å². The fourth-order valence-corrected chi connectivity index (χ4v) is 1.54. The van der Waals surface area contributed by atoms with Crippen LogP contribution in [0.25, 0.3) is 0 Å². The zero-order chi connectivity index (χ0) is 13.1. The van der Waals surface area contributed by atoms with Gasteiger partial charge in [-0.05, 0) is 30.7 Å². The third kappa shape index (κ3) is 2.97. The molecule has 0 radical (unpaired) electrons. The van der Waals surface area contributed by atoms with Gasteiger partial charge < -0.3 is 10.5 Å². The molecule has 1 aromatic heterocycles. The Morgan fingerprint density at radius 3 is 2.78 bits per heavy atom. The summed E-state index contributed by atoms with van der Waals surface area (Å²) in [5.74, 6) is 0.176. The smallest absolute Gasteiger partial charge is 0.219 e. The third-order valence-electron chi connectivity index (χ3n) is 2.40. The molecule has 0 bridgehead atoms. The first-order valence-electron chi connectivity index (χ1n) is 5.40. The second-order valence-electron chi connectivity index (χ2n) is 3.89. The molecule has 0 fully saturated rings. The molecule has 1 atom stereocenters. The van der Waals surface area contributed by atoms with Crippen molar-refractivity contribution in [3.05, 3.63) is 52.9 Å². The standard InChI is InChI=1S/C13H12ClFN2O/c1-8(16)9-4-5-17-13(6-9)18-10-2-3-11(14)12(15)7-10/h2-8H,16H2,1H3. The van der Waals surface area contributed by atoms with Crippen LogP contribution in [0.1, 0.15) is 18.5 Å². The summed E-state index contributed by atoms with van der Waals surface area (Å²) in [6.45, 7) is 1.86. The lowest BCUT2D eigenvalue weighted by molar-refractivity contribution is 0.457. The Balaban J connectivity index is 2.23. The highest BCUT2D eigenvalue weighted by Gasteiger charge is 2.06. The molecule has 0 aliphatic carbocycles. The molecule has 0 saturated heterocycles. The highest BCUT2D eigenvalue weighted by molar-refractivity contribution is 6.30. The predicted octanol–water partition coefficient (Wildman–Crippen LogP) is 3.69. The molecule has 5 heteroatoms. The molecule has 2 aromatic rings. The number of nitrogens with zero attached hydrogens (tertiary/aromatic N) is 1. The van der Waals surface area contributed by atoms with E-state index in [0.29, 0.717) is 11.6 Å². The highest BCUT2D eigenvalue weighted by atomic mass is 35.5. The van der Waals surface area contributed by atoms with Gasteiger partial charge in [0.2, 0.25) is 5.88 Å². The topological polar surface area (TPSA) is 48.1 Å². The maximum atomic E-state index is 13.2. The minimum Gasteiger partial charge on any atom is -0.439 e. The van der Waals surface area contributed by atoms with Gasteiger partial charge in [-0.15, -0.1) is 0 Å². The van der Waals surface area contributed by atoms with Crippen molar-refractivity contribution >= 4 is 11.6 Å². The van der Waals surface area contributed by atoms with Crippen molar-refractivity contribution in [2.45, 2.75) is 13.0 Å². The van der Waals surface area contributed by atoms with Crippen LogP contribution in [0.2, 0.25) is 5.02 Å². The number of pyridine rings is 1. The number of benzene rings is 1. The van der Waals surface area contributed by atoms with Crippen molar-refractivity contribution in [3.63, 3.8) is 0 Å². The maximum Gasteiger partial charge on any atom is 0.219 e. The number of halogens is 2. The van der Waals surface area contributed by atoms with E-state index in [1.807, 2.05) is 6.92 Å². The Morgan fingerprint density at radius 1 is 1.33 bits per heavy atom. The summed E-state index contributed by atoms with van der Waals surface area (Å²) >= 11 is 5.59. The average Bonchev–Trinajstić information content (AvgIpc) is 2.34. The van der Waals surface area contributed by atoms with E-state index in [1.165, 1.54) is 12.1 Å². The lowest BCUT2D eigenvalue weighted by atomic mass is 10.1. The van der Waals surface area contributed by atoms with E-state index in [9.17, 15) is 4.39 Å². The quantitative estimate of drug-likeness (QED) is 0.922. The van der Waals surface area contributed by atoms with Gasteiger partial charge in [-0.2, -0.15) is 0 Å². The molecule has 2 N–H and O–H groups in total. The molecule has 0 aliphatic rings. The van der Waals surface area contributed by atoms with E-state index in [4.69, 9.17) is 22.1 Å². The Hall–Kier alpha value is -1.65. The minimum absolute atomic E-state index is 0.0552. The van der Waals surface area contributed by atoms with Gasteiger partial charge in [0.05, 0.1) is 5.02 Å². The SMILES string of the molecule is CC(N)c1ccnc(Oc2ccc(Cl)c(F)c2)c1. The molecule has 18 heavy (non-hydrogen) atoms. The molecule has 0 amide bonds. The lowest BCUT2D eigenvalue weighted by Crippen LogP contribution is -2.05. The zero-order valence-corrected chi connectivity index (χ0v) is 10.5. The number of rotatable bonds is 3. The molecule has 0 spiro atoms. The average molecular weight is 267 g/mol. The van der Waals surface area contributed by atoms with E-state index in [2.05, 4.69) is 4.98 Å². The first-order valence-corrected chi connectivity index (χ1v) is 5.78.